The molecule has 2 aromatic carbocycles. The number of nitrogens with zero attached hydrogens (tertiary/aromatic N) is 2. The van der Waals surface area contributed by atoms with Gasteiger partial charge < -0.3 is 19.3 Å². The highest BCUT2D eigenvalue weighted by Crippen LogP contribution is 2.32. The molecule has 3 rings (SSSR count). The molecule has 0 N–H and O–H groups in total. The van der Waals surface area contributed by atoms with Gasteiger partial charge in [0.1, 0.15) is 12.2 Å². The van der Waals surface area contributed by atoms with E-state index in [1.807, 2.05) is 89.2 Å². The number of esters is 1. The SMILES string of the molecule is C=CCN(C(=O)OCc1ccc(C)cc1)C1CCN(CCC(C)(C(=O)OC(C)(C)C)c2ccccc2)CC1. The molecule has 38 heavy (non-hydrogen) atoms. The Morgan fingerprint density at radius 3 is 2.24 bits per heavy atom. The predicted molar refractivity (Wildman–Crippen MR) is 152 cm³/mol. The van der Waals surface area contributed by atoms with Crippen LogP contribution < -0.4 is 0 Å². The van der Waals surface area contributed by atoms with Gasteiger partial charge in [0.05, 0.1) is 5.41 Å². The fourth-order valence-corrected chi connectivity index (χ4v) is 4.82. The van der Waals surface area contributed by atoms with E-state index in [2.05, 4.69) is 11.5 Å². The first-order valence-electron chi connectivity index (χ1n) is 13.6. The fourth-order valence-electron chi connectivity index (χ4n) is 4.82. The minimum absolute atomic E-state index is 0.0983. The van der Waals surface area contributed by atoms with Crippen molar-refractivity contribution in [2.45, 2.75) is 77.5 Å². The van der Waals surface area contributed by atoms with Crippen molar-refractivity contribution in [3.8, 4) is 0 Å². The number of carbonyl (C=O) groups excluding carboxylic acids is 2. The van der Waals surface area contributed by atoms with E-state index in [9.17, 15) is 9.59 Å². The van der Waals surface area contributed by atoms with Crippen LogP contribution in [0, 0.1) is 6.92 Å². The third kappa shape index (κ3) is 8.19. The monoisotopic (exact) mass is 520 g/mol. The maximum absolute atomic E-state index is 13.3. The number of rotatable bonds is 10. The minimum Gasteiger partial charge on any atom is -0.459 e. The van der Waals surface area contributed by atoms with Crippen LogP contribution in [0.4, 0.5) is 4.79 Å². The average Bonchev–Trinajstić information content (AvgIpc) is 2.90. The van der Waals surface area contributed by atoms with Crippen LogP contribution in [0.5, 0.6) is 0 Å². The third-order valence-corrected chi connectivity index (χ3v) is 7.23. The smallest absolute Gasteiger partial charge is 0.410 e. The van der Waals surface area contributed by atoms with E-state index in [0.29, 0.717) is 13.0 Å². The minimum atomic E-state index is -0.736. The van der Waals surface area contributed by atoms with E-state index < -0.39 is 11.0 Å². The first kappa shape index (κ1) is 29.4. The van der Waals surface area contributed by atoms with Crippen LogP contribution >= 0.6 is 0 Å². The zero-order valence-corrected chi connectivity index (χ0v) is 23.7. The van der Waals surface area contributed by atoms with Gasteiger partial charge in [0.15, 0.2) is 0 Å². The van der Waals surface area contributed by atoms with Crippen molar-refractivity contribution < 1.29 is 19.1 Å². The molecule has 1 atom stereocenters. The zero-order valence-electron chi connectivity index (χ0n) is 23.7. The maximum atomic E-state index is 13.3. The summed E-state index contributed by atoms with van der Waals surface area (Å²) in [7, 11) is 0. The summed E-state index contributed by atoms with van der Waals surface area (Å²) in [5.74, 6) is -0.195. The highest BCUT2D eigenvalue weighted by atomic mass is 16.6. The van der Waals surface area contributed by atoms with E-state index in [1.165, 1.54) is 5.56 Å². The lowest BCUT2D eigenvalue weighted by Gasteiger charge is -2.39. The second kappa shape index (κ2) is 13.1. The van der Waals surface area contributed by atoms with Crippen LogP contribution in [0.1, 0.15) is 63.6 Å². The number of amides is 1. The van der Waals surface area contributed by atoms with E-state index in [0.717, 1.165) is 43.6 Å². The average molecular weight is 521 g/mol. The third-order valence-electron chi connectivity index (χ3n) is 7.23. The van der Waals surface area contributed by atoms with Gasteiger partial charge in [-0.05, 0) is 71.6 Å². The van der Waals surface area contributed by atoms with Crippen LogP contribution in [0.3, 0.4) is 0 Å². The standard InChI is InChI=1S/C32H44N2O4/c1-7-20-34(30(36)37-24-26-15-13-25(2)14-16-26)28-17-21-33(22-18-28)23-19-32(6,27-11-9-8-10-12-27)29(35)38-31(3,4)5/h7-16,28H,1,17-24H2,2-6H3. The summed E-state index contributed by atoms with van der Waals surface area (Å²) in [6.45, 7) is 16.8. The summed E-state index contributed by atoms with van der Waals surface area (Å²) in [6, 6.07) is 18.0. The lowest BCUT2D eigenvalue weighted by Crippen LogP contribution is -2.48. The topological polar surface area (TPSA) is 59.1 Å². The molecular weight excluding hydrogens is 476 g/mol. The molecule has 0 aliphatic carbocycles. The Bertz CT molecular complexity index is 1050. The van der Waals surface area contributed by atoms with E-state index in [1.54, 1.807) is 11.0 Å². The molecule has 1 heterocycles. The van der Waals surface area contributed by atoms with Crippen LogP contribution in [-0.4, -0.2) is 59.7 Å². The molecule has 1 aliphatic rings. The van der Waals surface area contributed by atoms with Crippen molar-refractivity contribution in [2.24, 2.45) is 0 Å². The molecule has 0 bridgehead atoms. The number of ether oxygens (including phenoxy) is 2. The predicted octanol–water partition coefficient (Wildman–Crippen LogP) is 6.27. The fraction of sp³-hybridized carbons (Fsp3) is 0.500. The summed E-state index contributed by atoms with van der Waals surface area (Å²) >= 11 is 0. The van der Waals surface area contributed by atoms with E-state index >= 15 is 0 Å². The molecule has 1 saturated heterocycles. The molecule has 0 spiro atoms. The Morgan fingerprint density at radius 1 is 1.03 bits per heavy atom. The molecule has 0 radical (unpaired) electrons. The van der Waals surface area contributed by atoms with Crippen LogP contribution in [0.2, 0.25) is 0 Å². The van der Waals surface area contributed by atoms with Gasteiger partial charge in [-0.1, -0.05) is 66.2 Å². The quantitative estimate of drug-likeness (QED) is 0.273. The Morgan fingerprint density at radius 2 is 1.66 bits per heavy atom. The van der Waals surface area contributed by atoms with Crippen molar-refractivity contribution in [3.05, 3.63) is 83.9 Å². The first-order valence-corrected chi connectivity index (χ1v) is 13.6. The van der Waals surface area contributed by atoms with Gasteiger partial charge in [0.25, 0.3) is 0 Å². The maximum Gasteiger partial charge on any atom is 0.410 e. The number of benzene rings is 2. The molecule has 1 fully saturated rings. The van der Waals surface area contributed by atoms with Crippen molar-refractivity contribution in [2.75, 3.05) is 26.2 Å². The van der Waals surface area contributed by atoms with Gasteiger partial charge in [-0.25, -0.2) is 4.79 Å². The number of piperidine rings is 1. The van der Waals surface area contributed by atoms with E-state index in [-0.39, 0.29) is 24.7 Å². The normalized spacial score (nSPS) is 16.3. The second-order valence-electron chi connectivity index (χ2n) is 11.5. The van der Waals surface area contributed by atoms with Gasteiger partial charge in [0.2, 0.25) is 0 Å². The summed E-state index contributed by atoms with van der Waals surface area (Å²) < 4.78 is 11.5. The zero-order chi connectivity index (χ0) is 27.8. The Hall–Kier alpha value is -3.12. The molecule has 1 amide bonds. The van der Waals surface area contributed by atoms with Crippen LogP contribution in [0.15, 0.2) is 67.3 Å². The van der Waals surface area contributed by atoms with Gasteiger partial charge >= 0.3 is 12.1 Å². The van der Waals surface area contributed by atoms with Gasteiger partial charge in [-0.15, -0.1) is 6.58 Å². The first-order chi connectivity index (χ1) is 18.0. The molecule has 1 aliphatic heterocycles. The summed E-state index contributed by atoms with van der Waals surface area (Å²) in [5.41, 5.74) is 1.84. The van der Waals surface area contributed by atoms with Gasteiger partial charge in [-0.2, -0.15) is 0 Å². The van der Waals surface area contributed by atoms with Gasteiger partial charge in [0, 0.05) is 25.7 Å². The Balaban J connectivity index is 1.58. The molecule has 0 aromatic heterocycles. The highest BCUT2D eigenvalue weighted by Gasteiger charge is 2.39. The number of hydrogen-bond donors (Lipinski definition) is 0. The summed E-state index contributed by atoms with van der Waals surface area (Å²) in [6.07, 6.45) is 3.81. The molecule has 6 nitrogen and oxygen atoms in total. The molecule has 6 heteroatoms. The lowest BCUT2D eigenvalue weighted by atomic mass is 9.79. The Kier molecular flexibility index (Phi) is 10.1. The number of likely N-dealkylation sites (tertiary alicyclic amines) is 1. The largest absolute Gasteiger partial charge is 0.459 e. The van der Waals surface area contributed by atoms with Crippen LogP contribution in [0.25, 0.3) is 0 Å². The summed E-state index contributed by atoms with van der Waals surface area (Å²) in [5, 5.41) is 0. The molecule has 0 saturated carbocycles. The van der Waals surface area contributed by atoms with Crippen molar-refractivity contribution in [1.82, 2.24) is 9.80 Å². The van der Waals surface area contributed by atoms with Crippen molar-refractivity contribution in [1.29, 1.82) is 0 Å². The van der Waals surface area contributed by atoms with Crippen molar-refractivity contribution >= 4 is 12.1 Å². The number of aryl methyl sites for hydroxylation is 1. The molecule has 1 unspecified atom stereocenters. The van der Waals surface area contributed by atoms with E-state index in [4.69, 9.17) is 9.47 Å². The highest BCUT2D eigenvalue weighted by molar-refractivity contribution is 5.83. The summed E-state index contributed by atoms with van der Waals surface area (Å²) in [4.78, 5) is 30.4. The molecular formula is C32H44N2O4. The van der Waals surface area contributed by atoms with Gasteiger partial charge in [-0.3, -0.25) is 4.79 Å². The molecule has 206 valence electrons. The second-order valence-corrected chi connectivity index (χ2v) is 11.5. The van der Waals surface area contributed by atoms with Crippen LogP contribution in [-0.2, 0) is 26.3 Å². The van der Waals surface area contributed by atoms with Crippen molar-refractivity contribution in [3.63, 3.8) is 0 Å². The number of carbonyl (C=O) groups is 2. The number of hydrogen-bond acceptors (Lipinski definition) is 5. The molecule has 2 aromatic rings. The lowest BCUT2D eigenvalue weighted by molar-refractivity contribution is -0.162. The Labute approximate surface area is 228 Å².